The van der Waals surface area contributed by atoms with Crippen LogP contribution < -0.4 is 10.0 Å². The zero-order chi connectivity index (χ0) is 23.2. The number of nitrogens with zero attached hydrogens (tertiary/aromatic N) is 1. The van der Waals surface area contributed by atoms with Crippen molar-refractivity contribution in [3.63, 3.8) is 0 Å². The van der Waals surface area contributed by atoms with Crippen LogP contribution in [0.2, 0.25) is 0 Å². The van der Waals surface area contributed by atoms with Gasteiger partial charge >= 0.3 is 6.18 Å². The number of sulfonamides is 1. The average molecular weight is 456 g/mol. The second-order valence-corrected chi connectivity index (χ2v) is 9.20. The summed E-state index contributed by atoms with van der Waals surface area (Å²) in [5.41, 5.74) is 0.928. The van der Waals surface area contributed by atoms with Crippen LogP contribution in [0.4, 0.5) is 18.9 Å². The first-order valence-corrected chi connectivity index (χ1v) is 11.3. The van der Waals surface area contributed by atoms with Gasteiger partial charge in [-0.15, -0.1) is 0 Å². The van der Waals surface area contributed by atoms with Gasteiger partial charge in [-0.1, -0.05) is 32.0 Å². The Morgan fingerprint density at radius 3 is 2.32 bits per heavy atom. The second-order valence-electron chi connectivity index (χ2n) is 7.45. The maximum Gasteiger partial charge on any atom is 0.433 e. The molecule has 0 aliphatic heterocycles. The molecule has 1 aromatic heterocycles. The molecule has 0 aliphatic rings. The van der Waals surface area contributed by atoms with Crippen LogP contribution in [0.25, 0.3) is 6.08 Å². The van der Waals surface area contributed by atoms with E-state index in [1.54, 1.807) is 24.3 Å². The Balaban J connectivity index is 2.04. The van der Waals surface area contributed by atoms with E-state index in [-0.39, 0.29) is 18.2 Å². The minimum Gasteiger partial charge on any atom is -0.348 e. The number of alkyl halides is 3. The molecule has 2 aromatic rings. The summed E-state index contributed by atoms with van der Waals surface area (Å²) in [7, 11) is -3.37. The first kappa shape index (κ1) is 24.4. The van der Waals surface area contributed by atoms with E-state index in [1.165, 1.54) is 18.2 Å². The molecule has 6 nitrogen and oxygen atoms in total. The molecule has 31 heavy (non-hydrogen) atoms. The summed E-state index contributed by atoms with van der Waals surface area (Å²) < 4.78 is 63.6. The lowest BCUT2D eigenvalue weighted by molar-refractivity contribution is -0.141. The number of carbonyl (C=O) groups is 1. The van der Waals surface area contributed by atoms with Crippen LogP contribution in [0.5, 0.6) is 0 Å². The number of hydrogen-bond acceptors (Lipinski definition) is 4. The highest BCUT2D eigenvalue weighted by Gasteiger charge is 2.32. The zero-order valence-corrected chi connectivity index (χ0v) is 18.1. The first-order valence-electron chi connectivity index (χ1n) is 9.43. The van der Waals surface area contributed by atoms with Crippen molar-refractivity contribution in [1.82, 2.24) is 10.3 Å². The molecule has 168 valence electrons. The summed E-state index contributed by atoms with van der Waals surface area (Å²) in [4.78, 5) is 15.8. The number of hydrogen-bond donors (Lipinski definition) is 2. The van der Waals surface area contributed by atoms with E-state index >= 15 is 0 Å². The van der Waals surface area contributed by atoms with Crippen molar-refractivity contribution in [3.05, 3.63) is 65.0 Å². The largest absolute Gasteiger partial charge is 0.433 e. The van der Waals surface area contributed by atoms with Gasteiger partial charge in [0, 0.05) is 24.0 Å². The van der Waals surface area contributed by atoms with Crippen LogP contribution in [-0.4, -0.2) is 25.6 Å². The summed E-state index contributed by atoms with van der Waals surface area (Å²) in [6.07, 6.45) is -0.448. The number of pyridine rings is 1. The fourth-order valence-electron chi connectivity index (χ4n) is 2.69. The number of halogens is 3. The van der Waals surface area contributed by atoms with Crippen LogP contribution in [-0.2, 0) is 34.0 Å². The molecule has 10 heteroatoms. The molecule has 2 rings (SSSR count). The Morgan fingerprint density at radius 1 is 1.13 bits per heavy atom. The molecule has 1 aromatic carbocycles. The molecular weight excluding hydrogens is 431 g/mol. The van der Waals surface area contributed by atoms with Crippen LogP contribution in [0.3, 0.4) is 0 Å². The number of amides is 1. The standard InChI is InChI=1S/C21H24F3N3O3S/c1-14(2)12-18-16(6-10-19(26-18)21(22,23)24)7-11-20(28)25-13-15-4-8-17(9-5-15)27-31(3,29)30/h4-11,14,27H,12-13H2,1-3H3,(H,25,28). The Kier molecular flexibility index (Phi) is 7.83. The number of nitrogens with one attached hydrogen (secondary N) is 2. The molecule has 2 N–H and O–H groups in total. The van der Waals surface area contributed by atoms with E-state index < -0.39 is 27.8 Å². The third-order valence-corrected chi connectivity index (χ3v) is 4.65. The topological polar surface area (TPSA) is 88.2 Å². The van der Waals surface area contributed by atoms with Gasteiger partial charge in [-0.05, 0) is 47.7 Å². The fraction of sp³-hybridized carbons (Fsp3) is 0.333. The molecule has 0 saturated carbocycles. The lowest BCUT2D eigenvalue weighted by atomic mass is 10.0. The Bertz CT molecular complexity index is 1050. The van der Waals surface area contributed by atoms with Gasteiger partial charge in [0.25, 0.3) is 0 Å². The van der Waals surface area contributed by atoms with Gasteiger partial charge in [-0.2, -0.15) is 13.2 Å². The second kappa shape index (κ2) is 9.95. The maximum absolute atomic E-state index is 12.9. The van der Waals surface area contributed by atoms with Gasteiger partial charge in [0.2, 0.25) is 15.9 Å². The minimum absolute atomic E-state index is 0.0946. The van der Waals surface area contributed by atoms with Crippen molar-refractivity contribution in [2.75, 3.05) is 11.0 Å². The van der Waals surface area contributed by atoms with Gasteiger partial charge in [-0.3, -0.25) is 9.52 Å². The van der Waals surface area contributed by atoms with E-state index in [1.807, 2.05) is 13.8 Å². The van der Waals surface area contributed by atoms with Crippen LogP contribution in [0.1, 0.15) is 36.4 Å². The lowest BCUT2D eigenvalue weighted by Crippen LogP contribution is -2.20. The lowest BCUT2D eigenvalue weighted by Gasteiger charge is -2.12. The van der Waals surface area contributed by atoms with E-state index in [9.17, 15) is 26.4 Å². The smallest absolute Gasteiger partial charge is 0.348 e. The maximum atomic E-state index is 12.9. The molecule has 0 fully saturated rings. The predicted octanol–water partition coefficient (Wildman–Crippen LogP) is 4.00. The van der Waals surface area contributed by atoms with E-state index in [0.29, 0.717) is 17.7 Å². The Hall–Kier alpha value is -2.88. The monoisotopic (exact) mass is 455 g/mol. The minimum atomic E-state index is -4.53. The molecule has 0 bridgehead atoms. The average Bonchev–Trinajstić information content (AvgIpc) is 2.64. The van der Waals surface area contributed by atoms with E-state index in [4.69, 9.17) is 0 Å². The molecule has 0 saturated heterocycles. The third kappa shape index (κ3) is 8.41. The van der Waals surface area contributed by atoms with Crippen molar-refractivity contribution >= 4 is 27.7 Å². The van der Waals surface area contributed by atoms with Crippen molar-refractivity contribution in [2.45, 2.75) is 33.0 Å². The van der Waals surface area contributed by atoms with Crippen molar-refractivity contribution in [1.29, 1.82) is 0 Å². The highest BCUT2D eigenvalue weighted by molar-refractivity contribution is 7.92. The van der Waals surface area contributed by atoms with Gasteiger partial charge in [0.05, 0.1) is 6.26 Å². The van der Waals surface area contributed by atoms with Crippen molar-refractivity contribution in [2.24, 2.45) is 5.92 Å². The molecule has 0 atom stereocenters. The van der Waals surface area contributed by atoms with Gasteiger partial charge in [-0.25, -0.2) is 13.4 Å². The molecule has 0 spiro atoms. The summed E-state index contributed by atoms with van der Waals surface area (Å²) in [6, 6.07) is 8.68. The first-order chi connectivity index (χ1) is 14.3. The van der Waals surface area contributed by atoms with Crippen molar-refractivity contribution in [3.8, 4) is 0 Å². The molecule has 1 heterocycles. The van der Waals surface area contributed by atoms with Crippen LogP contribution in [0, 0.1) is 5.92 Å². The summed E-state index contributed by atoms with van der Waals surface area (Å²) in [5, 5.41) is 2.67. The number of carbonyl (C=O) groups excluding carboxylic acids is 1. The molecular formula is C21H24F3N3O3S. The number of anilines is 1. The molecule has 1 amide bonds. The SMILES string of the molecule is CC(C)Cc1nc(C(F)(F)F)ccc1C=CC(=O)NCc1ccc(NS(C)(=O)=O)cc1. The van der Waals surface area contributed by atoms with Gasteiger partial charge < -0.3 is 5.32 Å². The van der Waals surface area contributed by atoms with Crippen LogP contribution in [0.15, 0.2) is 42.5 Å². The normalized spacial score (nSPS) is 12.4. The van der Waals surface area contributed by atoms with E-state index in [0.717, 1.165) is 17.9 Å². The zero-order valence-electron chi connectivity index (χ0n) is 17.3. The van der Waals surface area contributed by atoms with Crippen LogP contribution >= 0.6 is 0 Å². The van der Waals surface area contributed by atoms with Crippen molar-refractivity contribution < 1.29 is 26.4 Å². The number of aromatic nitrogens is 1. The Labute approximate surface area is 179 Å². The summed E-state index contributed by atoms with van der Waals surface area (Å²) in [5.74, 6) is -0.328. The predicted molar refractivity (Wildman–Crippen MR) is 114 cm³/mol. The third-order valence-electron chi connectivity index (χ3n) is 4.04. The van der Waals surface area contributed by atoms with E-state index in [2.05, 4.69) is 15.0 Å². The highest BCUT2D eigenvalue weighted by Crippen LogP contribution is 2.29. The quantitative estimate of drug-likeness (QED) is 0.589. The Morgan fingerprint density at radius 2 is 1.77 bits per heavy atom. The number of rotatable bonds is 8. The summed E-state index contributed by atoms with van der Waals surface area (Å²) in [6.45, 7) is 3.95. The molecule has 0 unspecified atom stereocenters. The number of benzene rings is 1. The fourth-order valence-corrected chi connectivity index (χ4v) is 3.25. The summed E-state index contributed by atoms with van der Waals surface area (Å²) >= 11 is 0. The van der Waals surface area contributed by atoms with Gasteiger partial charge in [0.15, 0.2) is 0 Å². The molecule has 0 aliphatic carbocycles. The van der Waals surface area contributed by atoms with Gasteiger partial charge in [0.1, 0.15) is 5.69 Å². The highest BCUT2D eigenvalue weighted by atomic mass is 32.2. The molecule has 0 radical (unpaired) electrons.